The summed E-state index contributed by atoms with van der Waals surface area (Å²) in [7, 11) is 0. The summed E-state index contributed by atoms with van der Waals surface area (Å²) < 4.78 is 0. The molecule has 1 aromatic heterocycles. The molecule has 2 aliphatic rings. The molecular formula is C11H15ClN4O. The van der Waals surface area contributed by atoms with Gasteiger partial charge in [0.2, 0.25) is 5.28 Å². The van der Waals surface area contributed by atoms with Crippen LogP contribution in [0.15, 0.2) is 6.20 Å². The van der Waals surface area contributed by atoms with Crippen LogP contribution in [0.4, 0.5) is 11.5 Å². The Balaban J connectivity index is 1.86. The van der Waals surface area contributed by atoms with Crippen molar-refractivity contribution >= 4 is 23.1 Å². The molecule has 0 unspecified atom stereocenters. The first-order valence-corrected chi connectivity index (χ1v) is 6.17. The van der Waals surface area contributed by atoms with Crippen LogP contribution in [0.25, 0.3) is 0 Å². The van der Waals surface area contributed by atoms with Crippen LogP contribution in [-0.4, -0.2) is 26.2 Å². The summed E-state index contributed by atoms with van der Waals surface area (Å²) in [4.78, 5) is 7.93. The molecule has 0 saturated heterocycles. The Hall–Kier alpha value is -1.07. The molecule has 4 N–H and O–H groups in total. The average Bonchev–Trinajstić information content (AvgIpc) is 2.77. The fourth-order valence-corrected chi connectivity index (χ4v) is 3.20. The highest BCUT2D eigenvalue weighted by atomic mass is 35.5. The number of hydrogen-bond donors (Lipinski definition) is 3. The predicted octanol–water partition coefficient (Wildman–Crippen LogP) is 1.57. The van der Waals surface area contributed by atoms with Gasteiger partial charge in [0.05, 0.1) is 17.5 Å². The number of nitrogens with zero attached hydrogens (tertiary/aromatic N) is 2. The molecule has 2 saturated carbocycles. The van der Waals surface area contributed by atoms with Crippen LogP contribution in [0, 0.1) is 0 Å². The van der Waals surface area contributed by atoms with E-state index in [1.807, 2.05) is 0 Å². The second-order valence-corrected chi connectivity index (χ2v) is 5.59. The second kappa shape index (κ2) is 3.46. The number of nitrogens with two attached hydrogens (primary N) is 1. The number of aromatic nitrogens is 2. The first kappa shape index (κ1) is 11.0. The second-order valence-electron chi connectivity index (χ2n) is 5.25. The molecule has 1 heterocycles. The summed E-state index contributed by atoms with van der Waals surface area (Å²) in [6, 6.07) is 0. The molecule has 2 fully saturated rings. The van der Waals surface area contributed by atoms with Gasteiger partial charge in [-0.3, -0.25) is 0 Å². The Morgan fingerprint density at radius 3 is 2.65 bits per heavy atom. The summed E-state index contributed by atoms with van der Waals surface area (Å²) in [5.74, 6) is 0.580. The van der Waals surface area contributed by atoms with E-state index >= 15 is 0 Å². The van der Waals surface area contributed by atoms with E-state index in [4.69, 9.17) is 17.3 Å². The van der Waals surface area contributed by atoms with Crippen LogP contribution >= 0.6 is 11.6 Å². The number of hydrogen-bond acceptors (Lipinski definition) is 5. The first-order chi connectivity index (χ1) is 8.00. The zero-order valence-corrected chi connectivity index (χ0v) is 10.2. The predicted molar refractivity (Wildman–Crippen MR) is 65.8 cm³/mol. The molecule has 0 amide bonds. The molecule has 0 spiro atoms. The van der Waals surface area contributed by atoms with Gasteiger partial charge in [0.1, 0.15) is 0 Å². The van der Waals surface area contributed by atoms with Crippen LogP contribution in [0.1, 0.15) is 32.1 Å². The summed E-state index contributed by atoms with van der Waals surface area (Å²) >= 11 is 5.76. The van der Waals surface area contributed by atoms with Gasteiger partial charge in [-0.2, -0.15) is 4.98 Å². The first-order valence-electron chi connectivity index (χ1n) is 5.79. The van der Waals surface area contributed by atoms with E-state index in [1.54, 1.807) is 0 Å². The maximum atomic E-state index is 10.2. The lowest BCUT2D eigenvalue weighted by molar-refractivity contribution is 0.0521. The Bertz CT molecular complexity index is 457. The zero-order valence-electron chi connectivity index (χ0n) is 9.41. The highest BCUT2D eigenvalue weighted by Gasteiger charge is 2.53. The lowest BCUT2D eigenvalue weighted by Gasteiger charge is -2.28. The number of rotatable bonds is 2. The fourth-order valence-electron chi connectivity index (χ4n) is 3.07. The lowest BCUT2D eigenvalue weighted by Crippen LogP contribution is -2.33. The molecule has 2 aliphatic carbocycles. The molecule has 92 valence electrons. The number of fused-ring (bicyclic) bond motifs is 2. The van der Waals surface area contributed by atoms with Crippen molar-refractivity contribution in [2.45, 2.75) is 43.2 Å². The molecule has 0 radical (unpaired) electrons. The number of anilines is 2. The van der Waals surface area contributed by atoms with Gasteiger partial charge in [-0.1, -0.05) is 0 Å². The Labute approximate surface area is 104 Å². The molecule has 5 nitrogen and oxygen atoms in total. The minimum atomic E-state index is -0.488. The van der Waals surface area contributed by atoms with Crippen LogP contribution in [0.5, 0.6) is 0 Å². The maximum absolute atomic E-state index is 10.2. The Morgan fingerprint density at radius 2 is 2.06 bits per heavy atom. The molecule has 1 aromatic rings. The van der Waals surface area contributed by atoms with Crippen molar-refractivity contribution in [1.82, 2.24) is 9.97 Å². The van der Waals surface area contributed by atoms with E-state index in [0.29, 0.717) is 11.5 Å². The van der Waals surface area contributed by atoms with E-state index < -0.39 is 5.60 Å². The van der Waals surface area contributed by atoms with Crippen molar-refractivity contribution in [2.75, 3.05) is 11.1 Å². The van der Waals surface area contributed by atoms with Gasteiger partial charge in [-0.05, 0) is 43.7 Å². The number of aliphatic hydroxyl groups is 1. The molecule has 3 rings (SSSR count). The Kier molecular flexibility index (Phi) is 2.25. The highest BCUT2D eigenvalue weighted by molar-refractivity contribution is 6.28. The standard InChI is InChI=1S/C11H15ClN4O/c12-9-14-5-7(13)8(15-9)16-10-1-3-11(17,6-10)4-2-10/h5,17H,1-4,6,13H2,(H,14,15,16). The average molecular weight is 255 g/mol. The minimum Gasteiger partial charge on any atom is -0.394 e. The molecule has 0 atom stereocenters. The van der Waals surface area contributed by atoms with Gasteiger partial charge in [-0.15, -0.1) is 0 Å². The van der Waals surface area contributed by atoms with Crippen LogP contribution in [0.3, 0.4) is 0 Å². The maximum Gasteiger partial charge on any atom is 0.224 e. The van der Waals surface area contributed by atoms with Gasteiger partial charge in [0.25, 0.3) is 0 Å². The monoisotopic (exact) mass is 254 g/mol. The number of nitrogen functional groups attached to an aromatic ring is 1. The Morgan fingerprint density at radius 1 is 1.35 bits per heavy atom. The third kappa shape index (κ3) is 1.83. The summed E-state index contributed by atoms with van der Waals surface area (Å²) in [6.07, 6.45) is 5.86. The third-order valence-corrected chi connectivity index (χ3v) is 4.16. The number of nitrogens with one attached hydrogen (secondary N) is 1. The molecule has 0 aromatic carbocycles. The van der Waals surface area contributed by atoms with Gasteiger partial charge < -0.3 is 16.2 Å². The third-order valence-electron chi connectivity index (χ3n) is 3.98. The van der Waals surface area contributed by atoms with Gasteiger partial charge in [0, 0.05) is 5.54 Å². The largest absolute Gasteiger partial charge is 0.394 e. The van der Waals surface area contributed by atoms with Crippen molar-refractivity contribution < 1.29 is 5.11 Å². The number of halogens is 1. The molecule has 2 bridgehead atoms. The van der Waals surface area contributed by atoms with Crippen LogP contribution in [0.2, 0.25) is 5.28 Å². The quantitative estimate of drug-likeness (QED) is 0.698. The lowest BCUT2D eigenvalue weighted by atomic mass is 9.93. The van der Waals surface area contributed by atoms with E-state index in [0.717, 1.165) is 32.1 Å². The topological polar surface area (TPSA) is 84.1 Å². The van der Waals surface area contributed by atoms with Gasteiger partial charge in [-0.25, -0.2) is 4.98 Å². The van der Waals surface area contributed by atoms with Crippen LogP contribution < -0.4 is 11.1 Å². The molecule has 6 heteroatoms. The van der Waals surface area contributed by atoms with Crippen molar-refractivity contribution in [3.63, 3.8) is 0 Å². The molecule has 0 aliphatic heterocycles. The highest BCUT2D eigenvalue weighted by Crippen LogP contribution is 2.52. The minimum absolute atomic E-state index is 0.0689. The zero-order chi connectivity index (χ0) is 12.1. The molecule has 17 heavy (non-hydrogen) atoms. The smallest absolute Gasteiger partial charge is 0.224 e. The fraction of sp³-hybridized carbons (Fsp3) is 0.636. The van der Waals surface area contributed by atoms with Crippen molar-refractivity contribution in [3.05, 3.63) is 11.5 Å². The van der Waals surface area contributed by atoms with Crippen molar-refractivity contribution in [2.24, 2.45) is 0 Å². The van der Waals surface area contributed by atoms with Crippen molar-refractivity contribution in [1.29, 1.82) is 0 Å². The normalized spacial score (nSPS) is 35.2. The summed E-state index contributed by atoms with van der Waals surface area (Å²) in [5.41, 5.74) is 5.75. The van der Waals surface area contributed by atoms with E-state index in [1.165, 1.54) is 6.20 Å². The summed E-state index contributed by atoms with van der Waals surface area (Å²) in [6.45, 7) is 0. The van der Waals surface area contributed by atoms with Crippen molar-refractivity contribution in [3.8, 4) is 0 Å². The van der Waals surface area contributed by atoms with E-state index in [9.17, 15) is 5.11 Å². The van der Waals surface area contributed by atoms with Crippen LogP contribution in [-0.2, 0) is 0 Å². The van der Waals surface area contributed by atoms with Gasteiger partial charge in [0.15, 0.2) is 5.82 Å². The van der Waals surface area contributed by atoms with E-state index in [2.05, 4.69) is 15.3 Å². The van der Waals surface area contributed by atoms with E-state index in [-0.39, 0.29) is 10.8 Å². The summed E-state index contributed by atoms with van der Waals surface area (Å²) in [5, 5.41) is 13.7. The van der Waals surface area contributed by atoms with Gasteiger partial charge >= 0.3 is 0 Å². The SMILES string of the molecule is Nc1cnc(Cl)nc1NC12CCC(O)(CC1)C2. The molecular weight excluding hydrogens is 240 g/mol.